The predicted molar refractivity (Wildman–Crippen MR) is 138 cm³/mol. The van der Waals surface area contributed by atoms with Crippen molar-refractivity contribution in [3.63, 3.8) is 0 Å². The summed E-state index contributed by atoms with van der Waals surface area (Å²) in [6.45, 7) is 4.21. The third-order valence-electron chi connectivity index (χ3n) is 6.87. The second-order valence-electron chi connectivity index (χ2n) is 9.59. The van der Waals surface area contributed by atoms with Gasteiger partial charge in [-0.25, -0.2) is 0 Å². The number of benzene rings is 1. The number of rotatable bonds is 18. The molecular formula is C29H45NO4. The predicted octanol–water partition coefficient (Wildman–Crippen LogP) is 7.46. The van der Waals surface area contributed by atoms with Crippen LogP contribution in [-0.4, -0.2) is 35.4 Å². The largest absolute Gasteiger partial charge is 0.503 e. The Bertz CT molecular complexity index is 784. The average Bonchev–Trinajstić information content (AvgIpc) is 3.09. The summed E-state index contributed by atoms with van der Waals surface area (Å²) >= 11 is 0. The molecule has 1 amide bonds. The first-order chi connectivity index (χ1) is 16.5. The van der Waals surface area contributed by atoms with Gasteiger partial charge in [0.2, 0.25) is 0 Å². The number of Topliss-reactive ketones (excluding diaryl/α,β-unsaturated/α-hetero) is 1. The van der Waals surface area contributed by atoms with E-state index in [2.05, 4.69) is 6.92 Å². The molecule has 0 unspecified atom stereocenters. The molecule has 1 N–H and O–H groups in total. The fourth-order valence-corrected chi connectivity index (χ4v) is 4.85. The fourth-order valence-electron chi connectivity index (χ4n) is 4.85. The lowest BCUT2D eigenvalue weighted by Crippen LogP contribution is -2.32. The van der Waals surface area contributed by atoms with Crippen molar-refractivity contribution in [2.24, 2.45) is 0 Å². The van der Waals surface area contributed by atoms with Gasteiger partial charge in [-0.3, -0.25) is 9.59 Å². The zero-order chi connectivity index (χ0) is 24.8. The number of methoxy groups -OCH3 is 1. The van der Waals surface area contributed by atoms with Gasteiger partial charge in [0.15, 0.2) is 11.5 Å². The highest BCUT2D eigenvalue weighted by atomic mass is 16.5. The van der Waals surface area contributed by atoms with Crippen LogP contribution in [0.5, 0.6) is 5.75 Å². The van der Waals surface area contributed by atoms with E-state index < -0.39 is 17.7 Å². The normalized spacial score (nSPS) is 15.9. The topological polar surface area (TPSA) is 66.8 Å². The molecule has 2 rings (SSSR count). The Morgan fingerprint density at radius 2 is 1.32 bits per heavy atom. The Kier molecular flexibility index (Phi) is 12.8. The SMILES string of the molecule is CCCCCCCCCCCCCCCCN1C(=O)C(O)=C(C(C)=O)[C@H]1c1ccc(OC)cc1. The second kappa shape index (κ2) is 15.6. The van der Waals surface area contributed by atoms with Crippen molar-refractivity contribution in [2.75, 3.05) is 13.7 Å². The molecule has 1 aromatic rings. The summed E-state index contributed by atoms with van der Waals surface area (Å²) in [6.07, 6.45) is 17.9. The van der Waals surface area contributed by atoms with Gasteiger partial charge in [-0.2, -0.15) is 0 Å². The van der Waals surface area contributed by atoms with E-state index in [0.29, 0.717) is 12.3 Å². The third-order valence-corrected chi connectivity index (χ3v) is 6.87. The lowest BCUT2D eigenvalue weighted by Gasteiger charge is -2.26. The third kappa shape index (κ3) is 8.48. The minimum absolute atomic E-state index is 0.195. The standard InChI is InChI=1S/C29H45NO4/c1-4-5-6-7-8-9-10-11-12-13-14-15-16-17-22-30-27(24-18-20-25(34-3)21-19-24)26(23(2)31)28(32)29(30)33/h18-21,27,32H,4-17,22H2,1-3H3/t27-/m1/s1. The number of carbonyl (C=O) groups is 2. The van der Waals surface area contributed by atoms with E-state index in [4.69, 9.17) is 4.74 Å². The minimum atomic E-state index is -0.530. The molecule has 5 heteroatoms. The van der Waals surface area contributed by atoms with Crippen molar-refractivity contribution in [1.29, 1.82) is 0 Å². The van der Waals surface area contributed by atoms with Crippen LogP contribution < -0.4 is 4.74 Å². The first kappa shape index (κ1) is 27.9. The molecule has 0 fully saturated rings. The van der Waals surface area contributed by atoms with Gasteiger partial charge in [-0.15, -0.1) is 0 Å². The molecular weight excluding hydrogens is 426 g/mol. The molecule has 1 atom stereocenters. The van der Waals surface area contributed by atoms with Gasteiger partial charge in [0.1, 0.15) is 5.75 Å². The Morgan fingerprint density at radius 3 is 1.76 bits per heavy atom. The number of nitrogens with zero attached hydrogens (tertiary/aromatic N) is 1. The number of carbonyl (C=O) groups excluding carboxylic acids is 2. The maximum atomic E-state index is 12.7. The summed E-state index contributed by atoms with van der Waals surface area (Å²) < 4.78 is 5.22. The van der Waals surface area contributed by atoms with Crippen LogP contribution in [-0.2, 0) is 9.59 Å². The van der Waals surface area contributed by atoms with E-state index >= 15 is 0 Å². The monoisotopic (exact) mass is 471 g/mol. The van der Waals surface area contributed by atoms with E-state index in [9.17, 15) is 14.7 Å². The number of aliphatic hydroxyl groups is 1. The highest BCUT2D eigenvalue weighted by Crippen LogP contribution is 2.38. The number of hydrogen-bond donors (Lipinski definition) is 1. The maximum absolute atomic E-state index is 12.7. The summed E-state index contributed by atoms with van der Waals surface area (Å²) in [5, 5.41) is 10.4. The van der Waals surface area contributed by atoms with Gasteiger partial charge >= 0.3 is 0 Å². The molecule has 0 spiro atoms. The molecule has 5 nitrogen and oxygen atoms in total. The van der Waals surface area contributed by atoms with Crippen LogP contribution in [0.4, 0.5) is 0 Å². The van der Waals surface area contributed by atoms with Gasteiger partial charge in [0.05, 0.1) is 18.7 Å². The number of unbranched alkanes of at least 4 members (excludes halogenated alkanes) is 13. The highest BCUT2D eigenvalue weighted by Gasteiger charge is 2.41. The Balaban J connectivity index is 1.70. The molecule has 0 saturated carbocycles. The Morgan fingerprint density at radius 1 is 0.853 bits per heavy atom. The Labute approximate surface area is 206 Å². The van der Waals surface area contributed by atoms with Crippen LogP contribution in [0.15, 0.2) is 35.6 Å². The lowest BCUT2D eigenvalue weighted by atomic mass is 9.96. The van der Waals surface area contributed by atoms with Gasteiger partial charge < -0.3 is 14.7 Å². The average molecular weight is 472 g/mol. The molecule has 0 aromatic heterocycles. The van der Waals surface area contributed by atoms with Gasteiger partial charge in [-0.1, -0.05) is 103 Å². The number of aliphatic hydroxyl groups excluding tert-OH is 1. The molecule has 34 heavy (non-hydrogen) atoms. The molecule has 1 aliphatic heterocycles. The van der Waals surface area contributed by atoms with Crippen LogP contribution in [0.25, 0.3) is 0 Å². The second-order valence-corrected chi connectivity index (χ2v) is 9.59. The zero-order valence-electron chi connectivity index (χ0n) is 21.6. The molecule has 0 radical (unpaired) electrons. The van der Waals surface area contributed by atoms with Crippen molar-refractivity contribution in [2.45, 2.75) is 110 Å². The van der Waals surface area contributed by atoms with E-state index in [-0.39, 0.29) is 11.4 Å². The van der Waals surface area contributed by atoms with Crippen LogP contribution in [0.1, 0.15) is 115 Å². The summed E-state index contributed by atoms with van der Waals surface area (Å²) in [4.78, 5) is 26.6. The fraction of sp³-hybridized carbons (Fsp3) is 0.655. The molecule has 1 aliphatic rings. The van der Waals surface area contributed by atoms with Crippen LogP contribution >= 0.6 is 0 Å². The summed E-state index contributed by atoms with van der Waals surface area (Å²) in [5.41, 5.74) is 1.01. The zero-order valence-corrected chi connectivity index (χ0v) is 21.6. The number of hydrogen-bond acceptors (Lipinski definition) is 4. The van der Waals surface area contributed by atoms with Gasteiger partial charge in [-0.05, 0) is 31.0 Å². The quantitative estimate of drug-likeness (QED) is 0.226. The smallest absolute Gasteiger partial charge is 0.290 e. The van der Waals surface area contributed by atoms with E-state index in [1.807, 2.05) is 24.3 Å². The van der Waals surface area contributed by atoms with E-state index in [1.165, 1.54) is 77.6 Å². The van der Waals surface area contributed by atoms with Crippen molar-refractivity contribution < 1.29 is 19.4 Å². The van der Waals surface area contributed by atoms with E-state index in [1.54, 1.807) is 12.0 Å². The summed E-state index contributed by atoms with van der Waals surface area (Å²) in [6, 6.07) is 6.82. The molecule has 0 aliphatic carbocycles. The molecule has 1 heterocycles. The molecule has 190 valence electrons. The van der Waals surface area contributed by atoms with Crippen molar-refractivity contribution >= 4 is 11.7 Å². The lowest BCUT2D eigenvalue weighted by molar-refractivity contribution is -0.129. The maximum Gasteiger partial charge on any atom is 0.290 e. The van der Waals surface area contributed by atoms with Crippen LogP contribution in [0.3, 0.4) is 0 Å². The number of ether oxygens (including phenoxy) is 1. The van der Waals surface area contributed by atoms with Gasteiger partial charge in [0.25, 0.3) is 5.91 Å². The summed E-state index contributed by atoms with van der Waals surface area (Å²) in [5.74, 6) is -0.404. The van der Waals surface area contributed by atoms with Gasteiger partial charge in [0, 0.05) is 6.54 Å². The van der Waals surface area contributed by atoms with E-state index in [0.717, 1.165) is 24.8 Å². The molecule has 0 bridgehead atoms. The van der Waals surface area contributed by atoms with Crippen LogP contribution in [0, 0.1) is 0 Å². The summed E-state index contributed by atoms with van der Waals surface area (Å²) in [7, 11) is 1.60. The number of ketones is 1. The minimum Gasteiger partial charge on any atom is -0.503 e. The first-order valence-electron chi connectivity index (χ1n) is 13.4. The highest BCUT2D eigenvalue weighted by molar-refractivity contribution is 6.08. The number of amides is 1. The van der Waals surface area contributed by atoms with Crippen molar-refractivity contribution in [3.05, 3.63) is 41.2 Å². The first-order valence-corrected chi connectivity index (χ1v) is 13.4. The molecule has 1 aromatic carbocycles. The molecule has 0 saturated heterocycles. The van der Waals surface area contributed by atoms with Crippen molar-refractivity contribution in [3.8, 4) is 5.75 Å². The Hall–Kier alpha value is -2.30. The van der Waals surface area contributed by atoms with Crippen LogP contribution in [0.2, 0.25) is 0 Å². The van der Waals surface area contributed by atoms with Crippen molar-refractivity contribution in [1.82, 2.24) is 4.90 Å².